The van der Waals surface area contributed by atoms with Crippen molar-refractivity contribution in [3.05, 3.63) is 32.3 Å². The molecule has 0 radical (unpaired) electrons. The molecule has 1 aromatic carbocycles. The summed E-state index contributed by atoms with van der Waals surface area (Å²) in [5.41, 5.74) is -0.440. The minimum atomic E-state index is -1.79. The maximum Gasteiger partial charge on any atom is 0.293 e. The standard InChI is InChI=1S/C12H16Cl2N2O7/c13-5-1-7(8(16(22)23)2-6(5)14)15-3-9(18)11(20)12(21)10(19)4-17/h1-2,9-12,15,17-21H,3-4H2/t9-,10+,11+,12+/m0/s1. The Morgan fingerprint density at radius 3 is 2.13 bits per heavy atom. The second-order valence-electron chi connectivity index (χ2n) is 4.72. The largest absolute Gasteiger partial charge is 0.394 e. The molecule has 0 aliphatic rings. The fourth-order valence-corrected chi connectivity index (χ4v) is 2.05. The van der Waals surface area contributed by atoms with Gasteiger partial charge < -0.3 is 30.8 Å². The molecule has 1 rings (SSSR count). The van der Waals surface area contributed by atoms with Gasteiger partial charge in [0.05, 0.1) is 27.7 Å². The van der Waals surface area contributed by atoms with Gasteiger partial charge in [-0.25, -0.2) is 0 Å². The third kappa shape index (κ3) is 5.15. The molecule has 6 N–H and O–H groups in total. The molecule has 0 fully saturated rings. The highest BCUT2D eigenvalue weighted by Crippen LogP contribution is 2.33. The number of hydrogen-bond donors (Lipinski definition) is 6. The lowest BCUT2D eigenvalue weighted by Gasteiger charge is -2.26. The van der Waals surface area contributed by atoms with E-state index < -0.39 is 48.2 Å². The molecule has 0 aliphatic carbocycles. The van der Waals surface area contributed by atoms with E-state index in [-0.39, 0.29) is 15.7 Å². The summed E-state index contributed by atoms with van der Waals surface area (Å²) in [5, 5.41) is 60.2. The summed E-state index contributed by atoms with van der Waals surface area (Å²) >= 11 is 11.5. The van der Waals surface area contributed by atoms with Crippen molar-refractivity contribution >= 4 is 34.6 Å². The van der Waals surface area contributed by atoms with Crippen LogP contribution in [0, 0.1) is 10.1 Å². The third-order valence-corrected chi connectivity index (χ3v) is 3.78. The van der Waals surface area contributed by atoms with Crippen LogP contribution < -0.4 is 5.32 Å². The number of halogens is 2. The van der Waals surface area contributed by atoms with E-state index in [1.165, 1.54) is 6.07 Å². The number of rotatable bonds is 8. The molecule has 9 nitrogen and oxygen atoms in total. The molecule has 130 valence electrons. The second-order valence-corrected chi connectivity index (χ2v) is 5.53. The van der Waals surface area contributed by atoms with E-state index in [4.69, 9.17) is 28.3 Å². The average molecular weight is 371 g/mol. The van der Waals surface area contributed by atoms with E-state index in [1.54, 1.807) is 0 Å². The minimum absolute atomic E-state index is 0.0222. The Kier molecular flexibility index (Phi) is 7.42. The molecule has 1 aromatic rings. The Labute approximate surface area is 140 Å². The highest BCUT2D eigenvalue weighted by Gasteiger charge is 2.30. The minimum Gasteiger partial charge on any atom is -0.394 e. The number of nitrogens with one attached hydrogen (secondary N) is 1. The molecule has 0 spiro atoms. The lowest BCUT2D eigenvalue weighted by molar-refractivity contribution is -0.383. The first kappa shape index (κ1) is 19.8. The predicted octanol–water partition coefficient (Wildman–Crippen LogP) is -0.251. The van der Waals surface area contributed by atoms with Crippen molar-refractivity contribution in [1.29, 1.82) is 0 Å². The fraction of sp³-hybridized carbons (Fsp3) is 0.500. The van der Waals surface area contributed by atoms with E-state index in [0.29, 0.717) is 0 Å². The first-order valence-electron chi connectivity index (χ1n) is 6.39. The van der Waals surface area contributed by atoms with Gasteiger partial charge in [0.15, 0.2) is 0 Å². The van der Waals surface area contributed by atoms with Crippen molar-refractivity contribution in [2.45, 2.75) is 24.4 Å². The van der Waals surface area contributed by atoms with Gasteiger partial charge >= 0.3 is 0 Å². The predicted molar refractivity (Wildman–Crippen MR) is 82.7 cm³/mol. The smallest absolute Gasteiger partial charge is 0.293 e. The number of aliphatic hydroxyl groups excluding tert-OH is 5. The van der Waals surface area contributed by atoms with Gasteiger partial charge in [-0.15, -0.1) is 0 Å². The molecule has 0 heterocycles. The summed E-state index contributed by atoms with van der Waals surface area (Å²) in [4.78, 5) is 10.2. The summed E-state index contributed by atoms with van der Waals surface area (Å²) < 4.78 is 0. The molecule has 0 aromatic heterocycles. The number of anilines is 1. The number of nitro groups is 1. The van der Waals surface area contributed by atoms with Crippen LogP contribution in [0.4, 0.5) is 11.4 Å². The van der Waals surface area contributed by atoms with Gasteiger partial charge in [-0.05, 0) is 6.07 Å². The van der Waals surface area contributed by atoms with Gasteiger partial charge in [0.2, 0.25) is 0 Å². The fourth-order valence-electron chi connectivity index (χ4n) is 1.73. The van der Waals surface area contributed by atoms with Crippen LogP contribution in [0.15, 0.2) is 12.1 Å². The number of aliphatic hydroxyl groups is 5. The van der Waals surface area contributed by atoms with Gasteiger partial charge in [-0.3, -0.25) is 10.1 Å². The SMILES string of the molecule is O=[N+]([O-])c1cc(Cl)c(Cl)cc1NC[C@H](O)[C@@H](O)[C@H](O)[C@H](O)CO. The van der Waals surface area contributed by atoms with Crippen LogP contribution in [0.2, 0.25) is 10.0 Å². The Bertz CT molecular complexity index is 560. The molecular weight excluding hydrogens is 355 g/mol. The van der Waals surface area contributed by atoms with Crippen LogP contribution in [-0.4, -0.2) is 68.0 Å². The van der Waals surface area contributed by atoms with Gasteiger partial charge in [-0.1, -0.05) is 23.2 Å². The highest BCUT2D eigenvalue weighted by molar-refractivity contribution is 6.42. The topological polar surface area (TPSA) is 156 Å². The zero-order valence-corrected chi connectivity index (χ0v) is 13.1. The molecule has 23 heavy (non-hydrogen) atoms. The number of hydrogen-bond acceptors (Lipinski definition) is 8. The molecular formula is C12H16Cl2N2O7. The first-order chi connectivity index (χ1) is 10.7. The monoisotopic (exact) mass is 370 g/mol. The van der Waals surface area contributed by atoms with Gasteiger partial charge in [-0.2, -0.15) is 0 Å². The molecule has 0 unspecified atom stereocenters. The summed E-state index contributed by atoms with van der Waals surface area (Å²) in [7, 11) is 0. The van der Waals surface area contributed by atoms with Crippen molar-refractivity contribution in [3.8, 4) is 0 Å². The van der Waals surface area contributed by atoms with Crippen LogP contribution in [0.5, 0.6) is 0 Å². The summed E-state index contributed by atoms with van der Waals surface area (Å²) in [6, 6.07) is 2.21. The van der Waals surface area contributed by atoms with E-state index in [1.807, 2.05) is 0 Å². The second kappa shape index (κ2) is 8.60. The van der Waals surface area contributed by atoms with Gasteiger partial charge in [0.25, 0.3) is 5.69 Å². The van der Waals surface area contributed by atoms with Gasteiger partial charge in [0.1, 0.15) is 24.0 Å². The van der Waals surface area contributed by atoms with Crippen molar-refractivity contribution in [3.63, 3.8) is 0 Å². The molecule has 0 amide bonds. The molecule has 4 atom stereocenters. The lowest BCUT2D eigenvalue weighted by atomic mass is 10.0. The van der Waals surface area contributed by atoms with Crippen molar-refractivity contribution in [1.82, 2.24) is 0 Å². The van der Waals surface area contributed by atoms with Crippen LogP contribution in [0.1, 0.15) is 0 Å². The van der Waals surface area contributed by atoms with Crippen LogP contribution >= 0.6 is 23.2 Å². The molecule has 11 heteroatoms. The average Bonchev–Trinajstić information content (AvgIpc) is 2.52. The number of benzene rings is 1. The van der Waals surface area contributed by atoms with Crippen molar-refractivity contribution < 1.29 is 30.5 Å². The molecule has 0 saturated heterocycles. The Balaban J connectivity index is 2.81. The van der Waals surface area contributed by atoms with Crippen molar-refractivity contribution in [2.24, 2.45) is 0 Å². The molecule has 0 bridgehead atoms. The number of nitrogens with zero attached hydrogens (tertiary/aromatic N) is 1. The Hall–Kier alpha value is -1.20. The Morgan fingerprint density at radius 2 is 1.61 bits per heavy atom. The maximum absolute atomic E-state index is 11.0. The van der Waals surface area contributed by atoms with E-state index in [2.05, 4.69) is 5.32 Å². The highest BCUT2D eigenvalue weighted by atomic mass is 35.5. The lowest BCUT2D eigenvalue weighted by Crippen LogP contribution is -2.48. The summed E-state index contributed by atoms with van der Waals surface area (Å²) in [6.07, 6.45) is -6.80. The van der Waals surface area contributed by atoms with E-state index >= 15 is 0 Å². The van der Waals surface area contributed by atoms with Crippen LogP contribution in [-0.2, 0) is 0 Å². The molecule has 0 aliphatic heterocycles. The zero-order chi connectivity index (χ0) is 17.7. The quantitative estimate of drug-likeness (QED) is 0.270. The zero-order valence-electron chi connectivity index (χ0n) is 11.6. The Morgan fingerprint density at radius 1 is 1.09 bits per heavy atom. The van der Waals surface area contributed by atoms with Gasteiger partial charge in [0, 0.05) is 12.6 Å². The van der Waals surface area contributed by atoms with Crippen LogP contribution in [0.25, 0.3) is 0 Å². The maximum atomic E-state index is 11.0. The normalized spacial score (nSPS) is 16.5. The summed E-state index contributed by atoms with van der Waals surface area (Å²) in [6.45, 7) is -1.20. The van der Waals surface area contributed by atoms with E-state index in [0.717, 1.165) is 6.07 Å². The van der Waals surface area contributed by atoms with Crippen LogP contribution in [0.3, 0.4) is 0 Å². The van der Waals surface area contributed by atoms with Crippen molar-refractivity contribution in [2.75, 3.05) is 18.5 Å². The summed E-state index contributed by atoms with van der Waals surface area (Å²) in [5.74, 6) is 0. The van der Waals surface area contributed by atoms with E-state index in [9.17, 15) is 30.5 Å². The first-order valence-corrected chi connectivity index (χ1v) is 7.15. The third-order valence-electron chi connectivity index (χ3n) is 3.06. The molecule has 0 saturated carbocycles. The number of nitro benzene ring substituents is 1.